The third-order valence-corrected chi connectivity index (χ3v) is 3.49. The van der Waals surface area contributed by atoms with E-state index in [9.17, 15) is 23.4 Å². The third kappa shape index (κ3) is 4.41. The van der Waals surface area contributed by atoms with Crippen molar-refractivity contribution in [2.45, 2.75) is 38.0 Å². The van der Waals surface area contributed by atoms with Gasteiger partial charge in [-0.3, -0.25) is 4.79 Å². The molecule has 1 aliphatic rings. The number of aromatic carboxylic acids is 1. The molecule has 0 fully saturated rings. The van der Waals surface area contributed by atoms with Gasteiger partial charge in [-0.15, -0.1) is 0 Å². The molecule has 0 aliphatic carbocycles. The summed E-state index contributed by atoms with van der Waals surface area (Å²) < 4.78 is 30.7. The minimum Gasteiger partial charge on any atom is -0.534 e. The number of alkyl halides is 2. The highest BCUT2D eigenvalue weighted by molar-refractivity contribution is 6.47. The Balaban J connectivity index is 2.06. The first-order valence-electron chi connectivity index (χ1n) is 7.04. The Labute approximate surface area is 131 Å². The van der Waals surface area contributed by atoms with E-state index in [-0.39, 0.29) is 24.2 Å². The Morgan fingerprint density at radius 1 is 1.48 bits per heavy atom. The zero-order valence-electron chi connectivity index (χ0n) is 12.4. The highest BCUT2D eigenvalue weighted by Crippen LogP contribution is 2.30. The van der Waals surface area contributed by atoms with E-state index in [2.05, 4.69) is 5.32 Å². The molecule has 1 aromatic rings. The van der Waals surface area contributed by atoms with Gasteiger partial charge in [0.2, 0.25) is 11.8 Å². The van der Waals surface area contributed by atoms with Gasteiger partial charge >= 0.3 is 13.1 Å². The van der Waals surface area contributed by atoms with Crippen LogP contribution in [-0.4, -0.2) is 41.0 Å². The maximum absolute atomic E-state index is 12.7. The Hall–Kier alpha value is -2.16. The predicted octanol–water partition coefficient (Wildman–Crippen LogP) is 1.26. The lowest BCUT2D eigenvalue weighted by Crippen LogP contribution is -2.53. The number of nitrogens with one attached hydrogen (secondary N) is 1. The summed E-state index contributed by atoms with van der Waals surface area (Å²) in [7, 11) is -1.45. The number of hydrogen-bond acceptors (Lipinski definition) is 4. The summed E-state index contributed by atoms with van der Waals surface area (Å²) in [6, 6.07) is 4.49. The average Bonchev–Trinajstić information content (AvgIpc) is 2.44. The van der Waals surface area contributed by atoms with E-state index < -0.39 is 37.3 Å². The first-order valence-corrected chi connectivity index (χ1v) is 7.04. The largest absolute Gasteiger partial charge is 0.547 e. The van der Waals surface area contributed by atoms with Gasteiger partial charge in [-0.25, -0.2) is 13.6 Å². The number of amides is 1. The molecule has 9 heteroatoms. The van der Waals surface area contributed by atoms with Crippen LogP contribution in [0.5, 0.6) is 5.75 Å². The van der Waals surface area contributed by atoms with Crippen molar-refractivity contribution >= 4 is 19.0 Å². The lowest BCUT2D eigenvalue weighted by Gasteiger charge is -2.29. The van der Waals surface area contributed by atoms with Crippen molar-refractivity contribution in [3.05, 3.63) is 29.3 Å². The van der Waals surface area contributed by atoms with Crippen molar-refractivity contribution in [1.82, 2.24) is 5.32 Å². The second kappa shape index (κ2) is 6.53. The van der Waals surface area contributed by atoms with E-state index in [0.717, 1.165) is 6.92 Å². The molecular formula is C14H16BF2NO5. The molecular weight excluding hydrogens is 311 g/mol. The number of fused-ring (bicyclic) bond motifs is 1. The van der Waals surface area contributed by atoms with Crippen LogP contribution < -0.4 is 9.97 Å². The number of carboxylic acids is 1. The molecule has 1 unspecified atom stereocenters. The molecule has 2 rings (SSSR count). The number of benzene rings is 1. The summed E-state index contributed by atoms with van der Waals surface area (Å²) in [4.78, 5) is 22.8. The second-order valence-corrected chi connectivity index (χ2v) is 5.56. The highest BCUT2D eigenvalue weighted by Gasteiger charge is 2.37. The minimum absolute atomic E-state index is 0.0538. The van der Waals surface area contributed by atoms with Gasteiger partial charge in [-0.05, 0) is 25.0 Å². The number of carbonyl (C=O) groups is 2. The number of rotatable bonds is 5. The fraction of sp³-hybridized carbons (Fsp3) is 0.429. The van der Waals surface area contributed by atoms with Gasteiger partial charge in [0, 0.05) is 12.8 Å². The molecule has 0 spiro atoms. The number of halogens is 2. The van der Waals surface area contributed by atoms with Gasteiger partial charge in [-0.1, -0.05) is 12.1 Å². The molecule has 0 bridgehead atoms. The van der Waals surface area contributed by atoms with E-state index in [1.165, 1.54) is 12.1 Å². The molecule has 0 aromatic heterocycles. The lowest BCUT2D eigenvalue weighted by molar-refractivity contribution is -0.123. The fourth-order valence-electron chi connectivity index (χ4n) is 2.33. The molecule has 1 atom stereocenters. The van der Waals surface area contributed by atoms with Crippen LogP contribution in [0.25, 0.3) is 0 Å². The van der Waals surface area contributed by atoms with Crippen LogP contribution in [0.2, 0.25) is 0 Å². The summed E-state index contributed by atoms with van der Waals surface area (Å²) in [5, 5.41) is 21.4. The standard InChI is InChI=1S/C14H16BF2NO5/c1-14(16,17)6-5-11(19)18-10-7-8-3-2-4-9(13(20)21)12(8)23-15(10)22/h2-4,10,22H,5-7H2,1H3,(H,18,19)(H,20,21). The van der Waals surface area contributed by atoms with E-state index in [4.69, 9.17) is 9.76 Å². The first-order chi connectivity index (χ1) is 10.7. The summed E-state index contributed by atoms with van der Waals surface area (Å²) in [6.07, 6.45) is -0.830. The number of carboxylic acid groups (broad SMARTS) is 1. The average molecular weight is 327 g/mol. The number of carbonyl (C=O) groups excluding carboxylic acids is 1. The van der Waals surface area contributed by atoms with Crippen molar-refractivity contribution < 1.29 is 33.2 Å². The van der Waals surface area contributed by atoms with Crippen molar-refractivity contribution in [2.75, 3.05) is 0 Å². The van der Waals surface area contributed by atoms with Crippen molar-refractivity contribution in [1.29, 1.82) is 0 Å². The Kier molecular flexibility index (Phi) is 4.89. The fourth-order valence-corrected chi connectivity index (χ4v) is 2.33. The molecule has 0 saturated heterocycles. The maximum Gasteiger partial charge on any atom is 0.547 e. The van der Waals surface area contributed by atoms with Crippen LogP contribution in [0.3, 0.4) is 0 Å². The zero-order valence-corrected chi connectivity index (χ0v) is 12.4. The van der Waals surface area contributed by atoms with Crippen LogP contribution in [0, 0.1) is 0 Å². The summed E-state index contributed by atoms with van der Waals surface area (Å²) >= 11 is 0. The summed E-state index contributed by atoms with van der Waals surface area (Å²) in [5.41, 5.74) is 0.429. The molecule has 0 saturated carbocycles. The van der Waals surface area contributed by atoms with Crippen LogP contribution in [-0.2, 0) is 11.2 Å². The molecule has 0 radical (unpaired) electrons. The summed E-state index contributed by atoms with van der Waals surface area (Å²) in [6.45, 7) is 0.725. The topological polar surface area (TPSA) is 95.9 Å². The highest BCUT2D eigenvalue weighted by atomic mass is 19.3. The molecule has 1 heterocycles. The smallest absolute Gasteiger partial charge is 0.534 e. The predicted molar refractivity (Wildman–Crippen MR) is 77.5 cm³/mol. The van der Waals surface area contributed by atoms with Crippen LogP contribution in [0.4, 0.5) is 8.78 Å². The molecule has 1 aliphatic heterocycles. The first kappa shape index (κ1) is 17.2. The van der Waals surface area contributed by atoms with E-state index in [0.29, 0.717) is 5.56 Å². The molecule has 1 amide bonds. The Bertz CT molecular complexity index is 620. The van der Waals surface area contributed by atoms with Gasteiger partial charge in [0.15, 0.2) is 0 Å². The normalized spacial score (nSPS) is 17.2. The maximum atomic E-state index is 12.7. The van der Waals surface area contributed by atoms with E-state index >= 15 is 0 Å². The van der Waals surface area contributed by atoms with Gasteiger partial charge < -0.3 is 20.1 Å². The van der Waals surface area contributed by atoms with E-state index in [1.54, 1.807) is 6.07 Å². The third-order valence-electron chi connectivity index (χ3n) is 3.49. The van der Waals surface area contributed by atoms with Crippen molar-refractivity contribution in [2.24, 2.45) is 0 Å². The van der Waals surface area contributed by atoms with Gasteiger partial charge in [0.25, 0.3) is 0 Å². The van der Waals surface area contributed by atoms with Crippen LogP contribution in [0.1, 0.15) is 35.7 Å². The van der Waals surface area contributed by atoms with Crippen molar-refractivity contribution in [3.63, 3.8) is 0 Å². The molecule has 124 valence electrons. The molecule has 6 nitrogen and oxygen atoms in total. The number of hydrogen-bond donors (Lipinski definition) is 3. The van der Waals surface area contributed by atoms with Gasteiger partial charge in [0.1, 0.15) is 5.75 Å². The van der Waals surface area contributed by atoms with Gasteiger partial charge in [0.05, 0.1) is 11.5 Å². The molecule has 1 aromatic carbocycles. The van der Waals surface area contributed by atoms with Crippen LogP contribution in [0.15, 0.2) is 18.2 Å². The number of para-hydroxylation sites is 1. The Morgan fingerprint density at radius 3 is 2.78 bits per heavy atom. The zero-order chi connectivity index (χ0) is 17.2. The monoisotopic (exact) mass is 327 g/mol. The molecule has 23 heavy (non-hydrogen) atoms. The summed E-state index contributed by atoms with van der Waals surface area (Å²) in [5.74, 6) is -5.54. The minimum atomic E-state index is -2.94. The van der Waals surface area contributed by atoms with Crippen molar-refractivity contribution in [3.8, 4) is 5.75 Å². The van der Waals surface area contributed by atoms with Gasteiger partial charge in [-0.2, -0.15) is 0 Å². The molecule has 3 N–H and O–H groups in total. The Morgan fingerprint density at radius 2 is 2.17 bits per heavy atom. The van der Waals surface area contributed by atoms with Crippen LogP contribution >= 0.6 is 0 Å². The van der Waals surface area contributed by atoms with E-state index in [1.807, 2.05) is 0 Å². The SMILES string of the molecule is CC(F)(F)CCC(=O)NC1Cc2cccc(C(=O)O)c2OB1O. The lowest BCUT2D eigenvalue weighted by atomic mass is 9.72. The second-order valence-electron chi connectivity index (χ2n) is 5.56. The quantitative estimate of drug-likeness (QED) is 0.708.